The molecule has 0 spiro atoms. The molecule has 2 N–H and O–H groups in total. The quantitative estimate of drug-likeness (QED) is 0.612. The van der Waals surface area contributed by atoms with Crippen LogP contribution in [0, 0.1) is 13.8 Å². The van der Waals surface area contributed by atoms with Crippen molar-refractivity contribution in [2.45, 2.75) is 26.9 Å². The zero-order chi connectivity index (χ0) is 21.0. The zero-order valence-corrected chi connectivity index (χ0v) is 16.0. The molecule has 2 heterocycles. The second kappa shape index (κ2) is 8.42. The number of hydrogen-bond acceptors (Lipinski definition) is 7. The number of hydrogen-bond donors (Lipinski definition) is 2. The van der Waals surface area contributed by atoms with E-state index in [2.05, 4.69) is 15.8 Å². The highest BCUT2D eigenvalue weighted by Gasteiger charge is 2.21. The molecule has 0 aliphatic heterocycles. The van der Waals surface area contributed by atoms with Crippen LogP contribution in [0.5, 0.6) is 0 Å². The van der Waals surface area contributed by atoms with Gasteiger partial charge in [-0.3, -0.25) is 14.9 Å². The largest absolute Gasteiger partial charge is 0.459 e. The van der Waals surface area contributed by atoms with Crippen LogP contribution in [0.15, 0.2) is 51.6 Å². The molecule has 2 amide bonds. The first-order valence-corrected chi connectivity index (χ1v) is 8.74. The molecule has 0 fully saturated rings. The third-order valence-corrected chi connectivity index (χ3v) is 3.99. The molecule has 1 atom stereocenters. The summed E-state index contributed by atoms with van der Waals surface area (Å²) in [6.07, 6.45) is 0.317. The summed E-state index contributed by atoms with van der Waals surface area (Å²) in [6.45, 7) is 4.93. The third kappa shape index (κ3) is 4.89. The van der Waals surface area contributed by atoms with Gasteiger partial charge in [-0.1, -0.05) is 11.2 Å². The van der Waals surface area contributed by atoms with Crippen molar-refractivity contribution in [3.05, 3.63) is 65.2 Å². The van der Waals surface area contributed by atoms with E-state index in [0.717, 1.165) is 5.56 Å². The smallest absolute Gasteiger partial charge is 0.338 e. The van der Waals surface area contributed by atoms with Crippen LogP contribution in [0.4, 0.5) is 11.6 Å². The fourth-order valence-electron chi connectivity index (χ4n) is 2.40. The molecule has 9 nitrogen and oxygen atoms in total. The van der Waals surface area contributed by atoms with Gasteiger partial charge in [0.05, 0.1) is 17.5 Å². The van der Waals surface area contributed by atoms with E-state index >= 15 is 0 Å². The standard InChI is InChI=1S/C20H19N3O6/c1-11-6-7-14(10-15(11)21-19(25)16-5-4-8-27-16)20(26)28-13(3)18(24)22-17-9-12(2)23-29-17/h4-10,13H,1-3H3,(H,21,25)(H,22,24)/t13-/m1/s1. The number of benzene rings is 1. The minimum Gasteiger partial charge on any atom is -0.459 e. The van der Waals surface area contributed by atoms with Crippen molar-refractivity contribution in [1.29, 1.82) is 0 Å². The molecule has 0 aliphatic rings. The average molecular weight is 397 g/mol. The maximum atomic E-state index is 12.4. The first-order valence-electron chi connectivity index (χ1n) is 8.74. The lowest BCUT2D eigenvalue weighted by Gasteiger charge is -2.13. The monoisotopic (exact) mass is 397 g/mol. The number of nitrogens with one attached hydrogen (secondary N) is 2. The number of aromatic nitrogens is 1. The molecule has 0 saturated carbocycles. The molecule has 9 heteroatoms. The van der Waals surface area contributed by atoms with Crippen molar-refractivity contribution in [2.75, 3.05) is 10.6 Å². The zero-order valence-electron chi connectivity index (χ0n) is 16.0. The van der Waals surface area contributed by atoms with Crippen LogP contribution < -0.4 is 10.6 Å². The predicted octanol–water partition coefficient (Wildman–Crippen LogP) is 3.32. The van der Waals surface area contributed by atoms with Crippen LogP contribution in [0.25, 0.3) is 0 Å². The Morgan fingerprint density at radius 1 is 1.10 bits per heavy atom. The molecule has 0 aliphatic carbocycles. The van der Waals surface area contributed by atoms with Gasteiger partial charge >= 0.3 is 5.97 Å². The molecule has 1 aromatic carbocycles. The van der Waals surface area contributed by atoms with E-state index in [0.29, 0.717) is 11.4 Å². The Morgan fingerprint density at radius 3 is 2.55 bits per heavy atom. The highest BCUT2D eigenvalue weighted by atomic mass is 16.5. The van der Waals surface area contributed by atoms with Gasteiger partial charge in [0.15, 0.2) is 11.9 Å². The lowest BCUT2D eigenvalue weighted by atomic mass is 10.1. The molecular formula is C20H19N3O6. The predicted molar refractivity (Wildman–Crippen MR) is 103 cm³/mol. The van der Waals surface area contributed by atoms with Gasteiger partial charge in [0.25, 0.3) is 11.8 Å². The lowest BCUT2D eigenvalue weighted by molar-refractivity contribution is -0.123. The first-order chi connectivity index (χ1) is 13.8. The number of anilines is 2. The number of carbonyl (C=O) groups is 3. The second-order valence-electron chi connectivity index (χ2n) is 6.33. The van der Waals surface area contributed by atoms with Crippen molar-refractivity contribution < 1.29 is 28.1 Å². The minimum absolute atomic E-state index is 0.144. The Bertz CT molecular complexity index is 1040. The van der Waals surface area contributed by atoms with E-state index in [1.807, 2.05) is 0 Å². The Hall–Kier alpha value is -3.88. The van der Waals surface area contributed by atoms with E-state index in [1.165, 1.54) is 25.3 Å². The van der Waals surface area contributed by atoms with Gasteiger partial charge in [-0.15, -0.1) is 0 Å². The lowest BCUT2D eigenvalue weighted by Crippen LogP contribution is -2.29. The summed E-state index contributed by atoms with van der Waals surface area (Å²) >= 11 is 0. The van der Waals surface area contributed by atoms with Gasteiger partial charge in [0.1, 0.15) is 0 Å². The van der Waals surface area contributed by atoms with Crippen molar-refractivity contribution in [2.24, 2.45) is 0 Å². The van der Waals surface area contributed by atoms with Gasteiger partial charge in [0.2, 0.25) is 5.88 Å². The number of rotatable bonds is 6. The summed E-state index contributed by atoms with van der Waals surface area (Å²) in [6, 6.07) is 9.35. The maximum Gasteiger partial charge on any atom is 0.338 e. The maximum absolute atomic E-state index is 12.4. The van der Waals surface area contributed by atoms with Crippen LogP contribution in [-0.2, 0) is 9.53 Å². The number of carbonyl (C=O) groups excluding carboxylic acids is 3. The summed E-state index contributed by atoms with van der Waals surface area (Å²) < 4.78 is 15.2. The third-order valence-electron chi connectivity index (χ3n) is 3.99. The fraction of sp³-hybridized carbons (Fsp3) is 0.200. The highest BCUT2D eigenvalue weighted by Crippen LogP contribution is 2.19. The Morgan fingerprint density at radius 2 is 1.90 bits per heavy atom. The number of furan rings is 1. The van der Waals surface area contributed by atoms with Gasteiger partial charge < -0.3 is 19.0 Å². The fourth-order valence-corrected chi connectivity index (χ4v) is 2.40. The van der Waals surface area contributed by atoms with Gasteiger partial charge in [0, 0.05) is 11.8 Å². The van der Waals surface area contributed by atoms with E-state index in [4.69, 9.17) is 13.7 Å². The molecule has 0 bridgehead atoms. The van der Waals surface area contributed by atoms with Crippen molar-refractivity contribution in [3.8, 4) is 0 Å². The van der Waals surface area contributed by atoms with Crippen molar-refractivity contribution in [1.82, 2.24) is 5.16 Å². The molecule has 0 radical (unpaired) electrons. The summed E-state index contributed by atoms with van der Waals surface area (Å²) in [4.78, 5) is 36.7. The highest BCUT2D eigenvalue weighted by molar-refractivity contribution is 6.03. The molecule has 2 aromatic heterocycles. The second-order valence-corrected chi connectivity index (χ2v) is 6.33. The number of ether oxygens (including phenoxy) is 1. The summed E-state index contributed by atoms with van der Waals surface area (Å²) in [5.41, 5.74) is 1.96. The van der Waals surface area contributed by atoms with E-state index in [1.54, 1.807) is 38.1 Å². The molecule has 150 valence electrons. The van der Waals surface area contributed by atoms with Crippen LogP contribution in [0.3, 0.4) is 0 Å². The Kier molecular flexibility index (Phi) is 5.77. The molecule has 0 saturated heterocycles. The molecular weight excluding hydrogens is 378 g/mol. The van der Waals surface area contributed by atoms with Crippen LogP contribution in [0.1, 0.15) is 39.1 Å². The summed E-state index contributed by atoms with van der Waals surface area (Å²) in [7, 11) is 0. The Balaban J connectivity index is 1.65. The molecule has 3 rings (SSSR count). The van der Waals surface area contributed by atoms with Crippen LogP contribution in [-0.4, -0.2) is 29.0 Å². The molecule has 0 unspecified atom stereocenters. The SMILES string of the molecule is Cc1cc(NC(=O)[C@@H](C)OC(=O)c2ccc(C)c(NC(=O)c3ccco3)c2)on1. The van der Waals surface area contributed by atoms with Crippen molar-refractivity contribution in [3.63, 3.8) is 0 Å². The topological polar surface area (TPSA) is 124 Å². The van der Waals surface area contributed by atoms with Crippen LogP contribution >= 0.6 is 0 Å². The average Bonchev–Trinajstić information content (AvgIpc) is 3.35. The van der Waals surface area contributed by atoms with Gasteiger partial charge in [-0.05, 0) is 50.6 Å². The number of amides is 2. The summed E-state index contributed by atoms with van der Waals surface area (Å²) in [5, 5.41) is 8.81. The van der Waals surface area contributed by atoms with E-state index in [9.17, 15) is 14.4 Å². The molecule has 3 aromatic rings. The minimum atomic E-state index is -1.07. The van der Waals surface area contributed by atoms with Gasteiger partial charge in [-0.25, -0.2) is 4.79 Å². The van der Waals surface area contributed by atoms with E-state index < -0.39 is 23.9 Å². The number of aryl methyl sites for hydroxylation is 2. The summed E-state index contributed by atoms with van der Waals surface area (Å²) in [5.74, 6) is -1.42. The van der Waals surface area contributed by atoms with Crippen molar-refractivity contribution >= 4 is 29.4 Å². The van der Waals surface area contributed by atoms with E-state index in [-0.39, 0.29) is 17.2 Å². The van der Waals surface area contributed by atoms with Crippen LogP contribution in [0.2, 0.25) is 0 Å². The Labute approximate surface area is 166 Å². The molecule has 29 heavy (non-hydrogen) atoms. The number of nitrogens with zero attached hydrogens (tertiary/aromatic N) is 1. The normalized spacial score (nSPS) is 11.6. The number of esters is 1. The van der Waals surface area contributed by atoms with Gasteiger partial charge in [-0.2, -0.15) is 0 Å². The first kappa shape index (κ1) is 19.9.